The van der Waals surface area contributed by atoms with Gasteiger partial charge in [-0.2, -0.15) is 0 Å². The van der Waals surface area contributed by atoms with E-state index in [0.717, 1.165) is 30.8 Å². The Morgan fingerprint density at radius 2 is 2.00 bits per heavy atom. The number of carbonyl (C=O) groups excluding carboxylic acids is 2. The van der Waals surface area contributed by atoms with Crippen LogP contribution >= 0.6 is 22.9 Å². The number of methoxy groups -OCH3 is 1. The number of rotatable bonds is 7. The molecular formula is C26H28ClN5O4S. The number of fused-ring (bicyclic) bond motifs is 1. The van der Waals surface area contributed by atoms with Crippen LogP contribution in [0.4, 0.5) is 0 Å². The first kappa shape index (κ1) is 25.4. The van der Waals surface area contributed by atoms with Crippen molar-refractivity contribution in [2.75, 3.05) is 20.2 Å². The molecule has 1 amide bonds. The summed E-state index contributed by atoms with van der Waals surface area (Å²) in [5, 5.41) is 7.42. The van der Waals surface area contributed by atoms with Crippen molar-refractivity contribution in [3.8, 4) is 10.6 Å². The Morgan fingerprint density at radius 3 is 2.68 bits per heavy atom. The monoisotopic (exact) mass is 541 g/mol. The topological polar surface area (TPSA) is 102 Å². The molecule has 11 heteroatoms. The Labute approximate surface area is 223 Å². The van der Waals surface area contributed by atoms with E-state index >= 15 is 0 Å². The lowest BCUT2D eigenvalue weighted by Gasteiger charge is -2.34. The first-order valence-corrected chi connectivity index (χ1v) is 13.4. The third kappa shape index (κ3) is 5.41. The fourth-order valence-electron chi connectivity index (χ4n) is 4.65. The lowest BCUT2D eigenvalue weighted by atomic mass is 10.0. The smallest absolute Gasteiger partial charge is 0.356 e. The quantitative estimate of drug-likeness (QED) is 0.334. The summed E-state index contributed by atoms with van der Waals surface area (Å²) in [6.45, 7) is 6.57. The van der Waals surface area contributed by atoms with Crippen LogP contribution in [0.5, 0.6) is 0 Å². The molecule has 4 aromatic rings. The molecule has 1 fully saturated rings. The summed E-state index contributed by atoms with van der Waals surface area (Å²) in [5.41, 5.74) is 2.50. The normalized spacial score (nSPS) is 14.9. The third-order valence-electron chi connectivity index (χ3n) is 6.67. The zero-order valence-corrected chi connectivity index (χ0v) is 22.4. The molecular weight excluding hydrogens is 514 g/mol. The number of nitrogens with one attached hydrogen (secondary N) is 1. The number of esters is 1. The van der Waals surface area contributed by atoms with Gasteiger partial charge in [-0.3, -0.25) is 4.79 Å². The Bertz CT molecular complexity index is 1430. The number of pyridine rings is 1. The molecule has 4 aromatic heterocycles. The van der Waals surface area contributed by atoms with Crippen molar-refractivity contribution >= 4 is 45.8 Å². The van der Waals surface area contributed by atoms with Gasteiger partial charge in [0.05, 0.1) is 33.9 Å². The zero-order valence-electron chi connectivity index (χ0n) is 20.9. The number of hydrogen-bond donors (Lipinski definition) is 1. The van der Waals surface area contributed by atoms with Gasteiger partial charge in [0.25, 0.3) is 5.91 Å². The molecule has 37 heavy (non-hydrogen) atoms. The molecule has 0 aliphatic carbocycles. The van der Waals surface area contributed by atoms with Crippen molar-refractivity contribution in [2.24, 2.45) is 0 Å². The molecule has 5 rings (SSSR count). The van der Waals surface area contributed by atoms with Crippen molar-refractivity contribution in [2.45, 2.75) is 45.3 Å². The highest BCUT2D eigenvalue weighted by Crippen LogP contribution is 2.32. The number of aromatic nitrogens is 3. The van der Waals surface area contributed by atoms with E-state index in [-0.39, 0.29) is 17.6 Å². The van der Waals surface area contributed by atoms with Crippen LogP contribution < -0.4 is 5.32 Å². The van der Waals surface area contributed by atoms with Crippen LogP contribution in [0.15, 0.2) is 40.9 Å². The standard InChI is InChI=1S/C26H28ClN5O4S/c1-15(2)31-10-8-16(9-11-31)28-25(33)21-13-19-20(5-4-18(29-19)26(34)35-3)32(21)14-17-12-22(36-30-17)23-6-7-24(27)37-23/h4-7,12-13,15-16H,8-11,14H2,1-3H3,(H,28,33). The first-order valence-electron chi connectivity index (χ1n) is 12.2. The summed E-state index contributed by atoms with van der Waals surface area (Å²) in [6.07, 6.45) is 1.79. The van der Waals surface area contributed by atoms with Crippen molar-refractivity contribution in [3.63, 3.8) is 0 Å². The van der Waals surface area contributed by atoms with Crippen LogP contribution in [0.2, 0.25) is 4.34 Å². The number of hydrogen-bond acceptors (Lipinski definition) is 8. The summed E-state index contributed by atoms with van der Waals surface area (Å²) in [5.74, 6) is -0.111. The minimum Gasteiger partial charge on any atom is -0.464 e. The molecule has 0 radical (unpaired) electrons. The SMILES string of the molecule is COC(=O)c1ccc2c(cc(C(=O)NC3CCN(C(C)C)CC3)n2Cc2cc(-c3ccc(Cl)s3)on2)n1. The Kier molecular flexibility index (Phi) is 7.32. The molecule has 5 heterocycles. The van der Waals surface area contributed by atoms with Crippen LogP contribution in [0, 0.1) is 0 Å². The zero-order chi connectivity index (χ0) is 26.1. The van der Waals surface area contributed by atoms with Gasteiger partial charge in [0.15, 0.2) is 5.76 Å². The largest absolute Gasteiger partial charge is 0.464 e. The maximum atomic E-state index is 13.5. The maximum absolute atomic E-state index is 13.5. The van der Waals surface area contributed by atoms with Crippen LogP contribution in [-0.2, 0) is 11.3 Å². The number of likely N-dealkylation sites (tertiary alicyclic amines) is 1. The van der Waals surface area contributed by atoms with Crippen molar-refractivity contribution in [3.05, 3.63) is 57.8 Å². The highest BCUT2D eigenvalue weighted by molar-refractivity contribution is 7.19. The predicted molar refractivity (Wildman–Crippen MR) is 142 cm³/mol. The predicted octanol–water partition coefficient (Wildman–Crippen LogP) is 4.84. The minimum atomic E-state index is -0.534. The van der Waals surface area contributed by atoms with Crippen LogP contribution in [-0.4, -0.2) is 63.8 Å². The Morgan fingerprint density at radius 1 is 1.22 bits per heavy atom. The van der Waals surface area contributed by atoms with Crippen molar-refractivity contribution in [1.82, 2.24) is 24.9 Å². The Balaban J connectivity index is 1.44. The summed E-state index contributed by atoms with van der Waals surface area (Å²) >= 11 is 7.47. The van der Waals surface area contributed by atoms with Gasteiger partial charge in [0.1, 0.15) is 17.1 Å². The molecule has 9 nitrogen and oxygen atoms in total. The average Bonchev–Trinajstić information content (AvgIpc) is 3.62. The second kappa shape index (κ2) is 10.6. The van der Waals surface area contributed by atoms with Crippen molar-refractivity contribution < 1.29 is 18.8 Å². The first-order chi connectivity index (χ1) is 17.8. The summed E-state index contributed by atoms with van der Waals surface area (Å²) in [4.78, 5) is 33.3. The van der Waals surface area contributed by atoms with Gasteiger partial charge < -0.3 is 24.0 Å². The molecule has 0 unspecified atom stereocenters. The van der Waals surface area contributed by atoms with Gasteiger partial charge in [0.2, 0.25) is 0 Å². The molecule has 1 aliphatic heterocycles. The summed E-state index contributed by atoms with van der Waals surface area (Å²) < 4.78 is 12.9. The molecule has 1 aliphatic rings. The number of amides is 1. The molecule has 1 saturated heterocycles. The maximum Gasteiger partial charge on any atom is 0.356 e. The average molecular weight is 542 g/mol. The molecule has 0 aromatic carbocycles. The molecule has 0 bridgehead atoms. The van der Waals surface area contributed by atoms with Gasteiger partial charge in [-0.25, -0.2) is 9.78 Å². The van der Waals surface area contributed by atoms with E-state index in [1.165, 1.54) is 18.4 Å². The third-order valence-corrected chi connectivity index (χ3v) is 7.92. The second-order valence-electron chi connectivity index (χ2n) is 9.37. The lowest BCUT2D eigenvalue weighted by molar-refractivity contribution is 0.0594. The number of ether oxygens (including phenoxy) is 1. The van der Waals surface area contributed by atoms with Gasteiger partial charge in [0, 0.05) is 31.2 Å². The molecule has 194 valence electrons. The van der Waals surface area contributed by atoms with Gasteiger partial charge in [-0.1, -0.05) is 16.8 Å². The van der Waals surface area contributed by atoms with E-state index in [2.05, 4.69) is 34.2 Å². The van der Waals surface area contributed by atoms with Crippen LogP contribution in [0.1, 0.15) is 53.4 Å². The van der Waals surface area contributed by atoms with Crippen LogP contribution in [0.3, 0.4) is 0 Å². The minimum absolute atomic E-state index is 0.0924. The van der Waals surface area contributed by atoms with E-state index in [0.29, 0.717) is 45.1 Å². The lowest BCUT2D eigenvalue weighted by Crippen LogP contribution is -2.46. The molecule has 1 N–H and O–H groups in total. The van der Waals surface area contributed by atoms with Gasteiger partial charge in [-0.15, -0.1) is 11.3 Å². The van der Waals surface area contributed by atoms with E-state index in [1.54, 1.807) is 18.2 Å². The van der Waals surface area contributed by atoms with Gasteiger partial charge in [-0.05, 0) is 57.0 Å². The van der Waals surface area contributed by atoms with Gasteiger partial charge >= 0.3 is 5.97 Å². The molecule has 0 spiro atoms. The van der Waals surface area contributed by atoms with Crippen molar-refractivity contribution in [1.29, 1.82) is 0 Å². The fourth-order valence-corrected chi connectivity index (χ4v) is 5.64. The number of nitrogens with zero attached hydrogens (tertiary/aromatic N) is 4. The van der Waals surface area contributed by atoms with E-state index in [4.69, 9.17) is 20.9 Å². The Hall–Kier alpha value is -3.21. The second-order valence-corrected chi connectivity index (χ2v) is 11.1. The highest BCUT2D eigenvalue weighted by Gasteiger charge is 2.25. The number of thiophene rings is 1. The number of carbonyl (C=O) groups is 2. The highest BCUT2D eigenvalue weighted by atomic mass is 35.5. The molecule has 0 atom stereocenters. The van der Waals surface area contributed by atoms with E-state index < -0.39 is 5.97 Å². The van der Waals surface area contributed by atoms with E-state index in [1.807, 2.05) is 22.8 Å². The summed E-state index contributed by atoms with van der Waals surface area (Å²) in [7, 11) is 1.31. The van der Waals surface area contributed by atoms with E-state index in [9.17, 15) is 9.59 Å². The van der Waals surface area contributed by atoms with Crippen LogP contribution in [0.25, 0.3) is 21.7 Å². The number of halogens is 1. The molecule has 0 saturated carbocycles. The summed E-state index contributed by atoms with van der Waals surface area (Å²) in [6, 6.07) is 11.2. The number of piperidine rings is 1. The fraction of sp³-hybridized carbons (Fsp3) is 0.385.